The molecule has 0 saturated carbocycles. The Balaban J connectivity index is 1.70. The zero-order valence-electron chi connectivity index (χ0n) is 17.7. The van der Waals surface area contributed by atoms with Crippen LogP contribution in [0.5, 0.6) is 0 Å². The van der Waals surface area contributed by atoms with Gasteiger partial charge in [-0.1, -0.05) is 24.3 Å². The Morgan fingerprint density at radius 3 is 2.26 bits per heavy atom. The first-order valence-electron chi connectivity index (χ1n) is 9.89. The number of pyridine rings is 1. The zero-order valence-corrected chi connectivity index (χ0v) is 18.5. The Hall–Kier alpha value is -3.83. The number of hydrogen-bond donors (Lipinski definition) is 2. The molecule has 0 unspecified atom stereocenters. The molecular weight excluding hydrogens is 467 g/mol. The van der Waals surface area contributed by atoms with Crippen molar-refractivity contribution < 1.29 is 21.6 Å². The molecule has 0 bridgehead atoms. The molecule has 2 aromatic heterocycles. The van der Waals surface area contributed by atoms with Gasteiger partial charge in [0.1, 0.15) is 0 Å². The predicted octanol–water partition coefficient (Wildman–Crippen LogP) is 4.82. The van der Waals surface area contributed by atoms with Crippen molar-refractivity contribution in [1.82, 2.24) is 15.0 Å². The SMILES string of the molecule is Cc1cc(-c2ccc(C(F)(F)F)cc2)cc(-c2ccnc(-c3cccc(NS(N)(=O)=O)c3)n2)n1. The first kappa shape index (κ1) is 23.3. The van der Waals surface area contributed by atoms with Crippen LogP contribution in [0, 0.1) is 6.92 Å². The van der Waals surface area contributed by atoms with E-state index in [0.717, 1.165) is 12.1 Å². The van der Waals surface area contributed by atoms with Crippen LogP contribution in [0.3, 0.4) is 0 Å². The zero-order chi connectivity index (χ0) is 24.5. The summed E-state index contributed by atoms with van der Waals surface area (Å²) in [6, 6.07) is 16.5. The summed E-state index contributed by atoms with van der Waals surface area (Å²) < 4.78 is 63.5. The summed E-state index contributed by atoms with van der Waals surface area (Å²) in [6.07, 6.45) is -2.87. The quantitative estimate of drug-likeness (QED) is 0.421. The van der Waals surface area contributed by atoms with E-state index in [4.69, 9.17) is 5.14 Å². The number of nitrogens with one attached hydrogen (secondary N) is 1. The number of anilines is 1. The van der Waals surface area contributed by atoms with Crippen LogP contribution in [0.4, 0.5) is 18.9 Å². The van der Waals surface area contributed by atoms with E-state index in [0.29, 0.717) is 39.6 Å². The first-order valence-corrected chi connectivity index (χ1v) is 11.4. The van der Waals surface area contributed by atoms with Gasteiger partial charge in [-0.25, -0.2) is 15.1 Å². The van der Waals surface area contributed by atoms with Gasteiger partial charge in [0.2, 0.25) is 0 Å². The third kappa shape index (κ3) is 5.56. The van der Waals surface area contributed by atoms with E-state index in [-0.39, 0.29) is 5.69 Å². The third-order valence-corrected chi connectivity index (χ3v) is 5.32. The highest BCUT2D eigenvalue weighted by Crippen LogP contribution is 2.32. The van der Waals surface area contributed by atoms with E-state index >= 15 is 0 Å². The standard InChI is InChI=1S/C23H18F3N5O2S/c1-14-11-17(15-5-7-18(8-6-15)23(24,25)26)13-21(29-14)20-9-10-28-22(30-20)16-3-2-4-19(12-16)31-34(27,32)33/h2-13,31H,1H3,(H2,27,32,33). The van der Waals surface area contributed by atoms with Crippen molar-refractivity contribution in [3.05, 3.63) is 84.2 Å². The van der Waals surface area contributed by atoms with E-state index < -0.39 is 21.9 Å². The maximum atomic E-state index is 12.9. The lowest BCUT2D eigenvalue weighted by Gasteiger charge is -2.10. The number of nitrogens with two attached hydrogens (primary N) is 1. The van der Waals surface area contributed by atoms with Gasteiger partial charge in [-0.05, 0) is 60.5 Å². The summed E-state index contributed by atoms with van der Waals surface area (Å²) in [5, 5.41) is 5.03. The molecule has 0 fully saturated rings. The highest BCUT2D eigenvalue weighted by molar-refractivity contribution is 7.90. The van der Waals surface area contributed by atoms with E-state index in [1.807, 2.05) is 0 Å². The van der Waals surface area contributed by atoms with Gasteiger partial charge in [0, 0.05) is 17.5 Å². The fourth-order valence-electron chi connectivity index (χ4n) is 3.34. The molecule has 0 spiro atoms. The molecule has 2 aromatic carbocycles. The molecule has 0 saturated heterocycles. The fraction of sp³-hybridized carbons (Fsp3) is 0.0870. The second-order valence-electron chi connectivity index (χ2n) is 7.45. The van der Waals surface area contributed by atoms with Crippen molar-refractivity contribution in [3.8, 4) is 33.9 Å². The molecule has 0 radical (unpaired) electrons. The first-order chi connectivity index (χ1) is 16.0. The van der Waals surface area contributed by atoms with Crippen molar-refractivity contribution in [2.45, 2.75) is 13.1 Å². The van der Waals surface area contributed by atoms with Crippen molar-refractivity contribution >= 4 is 15.9 Å². The molecule has 7 nitrogen and oxygen atoms in total. The lowest BCUT2D eigenvalue weighted by Crippen LogP contribution is -2.21. The Kier molecular flexibility index (Phi) is 6.07. The van der Waals surface area contributed by atoms with Crippen molar-refractivity contribution in [2.75, 3.05) is 4.72 Å². The number of rotatable bonds is 5. The second-order valence-corrected chi connectivity index (χ2v) is 8.75. The number of benzene rings is 2. The average Bonchev–Trinajstić information content (AvgIpc) is 2.77. The minimum Gasteiger partial charge on any atom is -0.271 e. The summed E-state index contributed by atoms with van der Waals surface area (Å²) >= 11 is 0. The lowest BCUT2D eigenvalue weighted by atomic mass is 10.0. The van der Waals surface area contributed by atoms with Gasteiger partial charge in [-0.2, -0.15) is 21.6 Å². The van der Waals surface area contributed by atoms with E-state index in [2.05, 4.69) is 19.7 Å². The van der Waals surface area contributed by atoms with Crippen LogP contribution < -0.4 is 9.86 Å². The summed E-state index contributed by atoms with van der Waals surface area (Å²) in [5.74, 6) is 0.329. The van der Waals surface area contributed by atoms with Crippen LogP contribution >= 0.6 is 0 Å². The number of aryl methyl sites for hydroxylation is 1. The number of nitrogens with zero attached hydrogens (tertiary/aromatic N) is 3. The molecule has 2 heterocycles. The topological polar surface area (TPSA) is 111 Å². The number of halogens is 3. The maximum absolute atomic E-state index is 12.9. The lowest BCUT2D eigenvalue weighted by molar-refractivity contribution is -0.137. The van der Waals surface area contributed by atoms with Gasteiger partial charge >= 0.3 is 6.18 Å². The molecule has 11 heteroatoms. The highest BCUT2D eigenvalue weighted by Gasteiger charge is 2.30. The molecule has 0 amide bonds. The summed E-state index contributed by atoms with van der Waals surface area (Å²) in [6.45, 7) is 1.78. The van der Waals surface area contributed by atoms with E-state index in [1.54, 1.807) is 49.5 Å². The molecule has 0 aliphatic carbocycles. The molecule has 174 valence electrons. The van der Waals surface area contributed by atoms with Crippen molar-refractivity contribution in [3.63, 3.8) is 0 Å². The third-order valence-electron chi connectivity index (χ3n) is 4.80. The molecule has 4 rings (SSSR count). The van der Waals surface area contributed by atoms with Gasteiger partial charge in [0.15, 0.2) is 5.82 Å². The number of aromatic nitrogens is 3. The van der Waals surface area contributed by atoms with Gasteiger partial charge in [-0.15, -0.1) is 0 Å². The van der Waals surface area contributed by atoms with Crippen LogP contribution in [-0.2, 0) is 16.4 Å². The van der Waals surface area contributed by atoms with Crippen molar-refractivity contribution in [2.24, 2.45) is 5.14 Å². The van der Waals surface area contributed by atoms with Crippen LogP contribution in [0.15, 0.2) is 72.9 Å². The molecule has 34 heavy (non-hydrogen) atoms. The van der Waals surface area contributed by atoms with Crippen LogP contribution in [-0.4, -0.2) is 23.4 Å². The summed E-state index contributed by atoms with van der Waals surface area (Å²) in [5.41, 5.74) is 3.04. The minimum absolute atomic E-state index is 0.257. The minimum atomic E-state index is -4.41. The summed E-state index contributed by atoms with van der Waals surface area (Å²) in [4.78, 5) is 13.3. The summed E-state index contributed by atoms with van der Waals surface area (Å²) in [7, 11) is -3.94. The number of hydrogen-bond acceptors (Lipinski definition) is 5. The highest BCUT2D eigenvalue weighted by atomic mass is 32.2. The van der Waals surface area contributed by atoms with E-state index in [1.165, 1.54) is 18.2 Å². The average molecular weight is 485 g/mol. The molecule has 4 aromatic rings. The second kappa shape index (κ2) is 8.84. The fourth-order valence-corrected chi connectivity index (χ4v) is 3.80. The monoisotopic (exact) mass is 485 g/mol. The number of alkyl halides is 3. The molecule has 0 atom stereocenters. The van der Waals surface area contributed by atoms with Gasteiger partial charge in [0.25, 0.3) is 10.2 Å². The Morgan fingerprint density at radius 1 is 0.853 bits per heavy atom. The van der Waals surface area contributed by atoms with Crippen molar-refractivity contribution in [1.29, 1.82) is 0 Å². The Bertz CT molecular complexity index is 1460. The van der Waals surface area contributed by atoms with Gasteiger partial charge in [0.05, 0.1) is 22.6 Å². The van der Waals surface area contributed by atoms with Crippen LogP contribution in [0.1, 0.15) is 11.3 Å². The molecule has 3 N–H and O–H groups in total. The molecular formula is C23H18F3N5O2S. The molecule has 0 aliphatic rings. The van der Waals surface area contributed by atoms with Crippen LogP contribution in [0.25, 0.3) is 33.9 Å². The Morgan fingerprint density at radius 2 is 1.59 bits per heavy atom. The Labute approximate surface area is 193 Å². The molecule has 0 aliphatic heterocycles. The van der Waals surface area contributed by atoms with Gasteiger partial charge in [-0.3, -0.25) is 9.71 Å². The maximum Gasteiger partial charge on any atom is 0.416 e. The van der Waals surface area contributed by atoms with Crippen LogP contribution in [0.2, 0.25) is 0 Å². The van der Waals surface area contributed by atoms with Gasteiger partial charge < -0.3 is 0 Å². The normalized spacial score (nSPS) is 11.9. The smallest absolute Gasteiger partial charge is 0.271 e. The van der Waals surface area contributed by atoms with E-state index in [9.17, 15) is 21.6 Å². The predicted molar refractivity (Wildman–Crippen MR) is 123 cm³/mol. The largest absolute Gasteiger partial charge is 0.416 e.